The highest BCUT2D eigenvalue weighted by Crippen LogP contribution is 2.49. The SMILES string of the molecule is COc1cc(OC)c(C2CC(=O)Oc3cc(O)c4c(=O)cc(-c5ccc(O)cc5)oc4c32)cc1OC. The lowest BCUT2D eigenvalue weighted by atomic mass is 9.84. The molecule has 0 radical (unpaired) electrons. The third kappa shape index (κ3) is 3.74. The van der Waals surface area contributed by atoms with Gasteiger partial charge < -0.3 is 33.6 Å². The summed E-state index contributed by atoms with van der Waals surface area (Å²) in [6.07, 6.45) is -0.0775. The molecule has 3 aromatic carbocycles. The van der Waals surface area contributed by atoms with Crippen LogP contribution < -0.4 is 24.4 Å². The van der Waals surface area contributed by atoms with Crippen molar-refractivity contribution in [1.82, 2.24) is 0 Å². The average molecular weight is 490 g/mol. The second-order valence-electron chi connectivity index (χ2n) is 8.21. The van der Waals surface area contributed by atoms with Crippen LogP contribution in [0, 0.1) is 0 Å². The van der Waals surface area contributed by atoms with Gasteiger partial charge in [0.25, 0.3) is 0 Å². The topological polar surface area (TPSA) is 125 Å². The summed E-state index contributed by atoms with van der Waals surface area (Å²) in [5.74, 6) is 0.0804. The molecule has 9 heteroatoms. The molecule has 1 atom stereocenters. The summed E-state index contributed by atoms with van der Waals surface area (Å²) in [5.41, 5.74) is 1.13. The van der Waals surface area contributed by atoms with Crippen molar-refractivity contribution in [2.24, 2.45) is 0 Å². The summed E-state index contributed by atoms with van der Waals surface area (Å²) in [6, 6.07) is 12.0. The van der Waals surface area contributed by atoms with E-state index in [1.807, 2.05) is 0 Å². The lowest BCUT2D eigenvalue weighted by Gasteiger charge is -2.27. The van der Waals surface area contributed by atoms with Crippen LogP contribution >= 0.6 is 0 Å². The van der Waals surface area contributed by atoms with Gasteiger partial charge in [-0.2, -0.15) is 0 Å². The van der Waals surface area contributed by atoms with Crippen molar-refractivity contribution in [2.45, 2.75) is 12.3 Å². The first-order valence-electron chi connectivity index (χ1n) is 11.0. The number of carbonyl (C=O) groups is 1. The van der Waals surface area contributed by atoms with Gasteiger partial charge in [-0.1, -0.05) is 0 Å². The summed E-state index contributed by atoms with van der Waals surface area (Å²) in [7, 11) is 4.48. The van der Waals surface area contributed by atoms with Gasteiger partial charge in [-0.05, 0) is 30.3 Å². The maximum absolute atomic E-state index is 13.1. The molecule has 0 saturated carbocycles. The number of hydrogen-bond acceptors (Lipinski definition) is 9. The van der Waals surface area contributed by atoms with Gasteiger partial charge in [0.15, 0.2) is 16.9 Å². The molecule has 1 aliphatic rings. The molecule has 36 heavy (non-hydrogen) atoms. The number of phenolic OH excluding ortho intramolecular Hbond substituents is 2. The van der Waals surface area contributed by atoms with Crippen LogP contribution in [0.1, 0.15) is 23.5 Å². The molecule has 0 bridgehead atoms. The number of carbonyl (C=O) groups excluding carboxylic acids is 1. The lowest BCUT2D eigenvalue weighted by Crippen LogP contribution is -2.22. The highest BCUT2D eigenvalue weighted by atomic mass is 16.5. The van der Waals surface area contributed by atoms with Crippen molar-refractivity contribution in [3.63, 3.8) is 0 Å². The first-order chi connectivity index (χ1) is 17.3. The van der Waals surface area contributed by atoms with E-state index in [2.05, 4.69) is 0 Å². The Labute approximate surface area is 205 Å². The van der Waals surface area contributed by atoms with E-state index in [1.54, 1.807) is 24.3 Å². The molecule has 9 nitrogen and oxygen atoms in total. The van der Waals surface area contributed by atoms with Crippen LogP contribution in [-0.4, -0.2) is 37.5 Å². The number of fused-ring (bicyclic) bond motifs is 3. The van der Waals surface area contributed by atoms with Gasteiger partial charge in [-0.25, -0.2) is 0 Å². The Bertz CT molecular complexity index is 1550. The minimum Gasteiger partial charge on any atom is -0.508 e. The molecule has 2 heterocycles. The Morgan fingerprint density at radius 3 is 2.19 bits per heavy atom. The summed E-state index contributed by atoms with van der Waals surface area (Å²) in [5, 5.41) is 20.2. The monoisotopic (exact) mass is 490 g/mol. The highest BCUT2D eigenvalue weighted by Gasteiger charge is 2.35. The van der Waals surface area contributed by atoms with Crippen LogP contribution in [0.15, 0.2) is 57.7 Å². The number of phenols is 2. The fraction of sp³-hybridized carbons (Fsp3) is 0.185. The molecule has 1 unspecified atom stereocenters. The Morgan fingerprint density at radius 1 is 0.861 bits per heavy atom. The zero-order valence-corrected chi connectivity index (χ0v) is 19.7. The molecule has 0 spiro atoms. The smallest absolute Gasteiger partial charge is 0.312 e. The minimum atomic E-state index is -0.655. The number of esters is 1. The van der Waals surface area contributed by atoms with Crippen LogP contribution in [-0.2, 0) is 4.79 Å². The van der Waals surface area contributed by atoms with E-state index in [4.69, 9.17) is 23.4 Å². The summed E-state index contributed by atoms with van der Waals surface area (Å²) < 4.78 is 28.1. The van der Waals surface area contributed by atoms with Crippen LogP contribution in [0.25, 0.3) is 22.3 Å². The van der Waals surface area contributed by atoms with Gasteiger partial charge in [0.1, 0.15) is 39.7 Å². The van der Waals surface area contributed by atoms with Gasteiger partial charge in [-0.3, -0.25) is 9.59 Å². The molecular formula is C27H22O9. The van der Waals surface area contributed by atoms with Crippen LogP contribution in [0.4, 0.5) is 0 Å². The van der Waals surface area contributed by atoms with Crippen molar-refractivity contribution >= 4 is 16.9 Å². The van der Waals surface area contributed by atoms with Crippen LogP contribution in [0.2, 0.25) is 0 Å². The highest BCUT2D eigenvalue weighted by molar-refractivity contribution is 5.93. The van der Waals surface area contributed by atoms with Gasteiger partial charge in [-0.15, -0.1) is 0 Å². The second-order valence-corrected chi connectivity index (χ2v) is 8.21. The summed E-state index contributed by atoms with van der Waals surface area (Å²) in [4.78, 5) is 25.7. The van der Waals surface area contributed by atoms with E-state index in [9.17, 15) is 19.8 Å². The summed E-state index contributed by atoms with van der Waals surface area (Å²) in [6.45, 7) is 0. The van der Waals surface area contributed by atoms with E-state index < -0.39 is 17.3 Å². The maximum Gasteiger partial charge on any atom is 0.312 e. The van der Waals surface area contributed by atoms with Crippen molar-refractivity contribution < 1.29 is 38.4 Å². The predicted molar refractivity (Wildman–Crippen MR) is 129 cm³/mol. The predicted octanol–water partition coefficient (Wildman–Crippen LogP) is 4.34. The quantitative estimate of drug-likeness (QED) is 0.310. The van der Waals surface area contributed by atoms with E-state index in [0.29, 0.717) is 33.9 Å². The van der Waals surface area contributed by atoms with Crippen molar-refractivity contribution in [3.8, 4) is 45.8 Å². The van der Waals surface area contributed by atoms with Gasteiger partial charge in [0.05, 0.1) is 27.8 Å². The Kier molecular flexibility index (Phi) is 5.68. The van der Waals surface area contributed by atoms with Crippen LogP contribution in [0.5, 0.6) is 34.5 Å². The van der Waals surface area contributed by atoms with Gasteiger partial charge in [0.2, 0.25) is 0 Å². The van der Waals surface area contributed by atoms with Gasteiger partial charge in [0, 0.05) is 40.8 Å². The molecule has 0 fully saturated rings. The number of aromatic hydroxyl groups is 2. The zero-order chi connectivity index (χ0) is 25.6. The Balaban J connectivity index is 1.82. The third-order valence-electron chi connectivity index (χ3n) is 6.19. The largest absolute Gasteiger partial charge is 0.508 e. The fourth-order valence-corrected chi connectivity index (χ4v) is 4.52. The minimum absolute atomic E-state index is 0.0429. The number of rotatable bonds is 5. The second kappa shape index (κ2) is 8.84. The van der Waals surface area contributed by atoms with E-state index in [1.165, 1.54) is 45.6 Å². The molecule has 5 rings (SSSR count). The molecule has 184 valence electrons. The van der Waals surface area contributed by atoms with Crippen molar-refractivity contribution in [1.29, 1.82) is 0 Å². The van der Waals surface area contributed by atoms with Gasteiger partial charge >= 0.3 is 5.97 Å². The first-order valence-corrected chi connectivity index (χ1v) is 11.0. The maximum atomic E-state index is 13.1. The molecule has 0 aliphatic carbocycles. The summed E-state index contributed by atoms with van der Waals surface area (Å²) >= 11 is 0. The molecule has 2 N–H and O–H groups in total. The average Bonchev–Trinajstić information content (AvgIpc) is 2.87. The number of benzene rings is 3. The van der Waals surface area contributed by atoms with Crippen molar-refractivity contribution in [2.75, 3.05) is 21.3 Å². The standard InChI is InChI=1S/C27H22O9/c1-32-20-12-22(34-3)21(33-2)8-15(20)16-9-24(31)35-23-11-18(30)26-17(29)10-19(36-27(26)25(16)23)13-4-6-14(28)7-5-13/h4-8,10-12,16,28,30H,9H2,1-3H3. The lowest BCUT2D eigenvalue weighted by molar-refractivity contribution is -0.135. The van der Waals surface area contributed by atoms with E-state index >= 15 is 0 Å². The fourth-order valence-electron chi connectivity index (χ4n) is 4.52. The zero-order valence-electron chi connectivity index (χ0n) is 19.7. The molecule has 0 amide bonds. The molecular weight excluding hydrogens is 468 g/mol. The number of hydrogen-bond donors (Lipinski definition) is 2. The molecule has 1 aliphatic heterocycles. The number of methoxy groups -OCH3 is 3. The first kappa shape index (κ1) is 23.1. The van der Waals surface area contributed by atoms with E-state index in [-0.39, 0.29) is 40.4 Å². The third-order valence-corrected chi connectivity index (χ3v) is 6.19. The molecule has 0 saturated heterocycles. The Morgan fingerprint density at radius 2 is 1.53 bits per heavy atom. The normalized spacial score (nSPS) is 14.8. The number of ether oxygens (including phenoxy) is 4. The van der Waals surface area contributed by atoms with Crippen molar-refractivity contribution in [3.05, 3.63) is 69.9 Å². The Hall–Kier alpha value is -4.66. The van der Waals surface area contributed by atoms with E-state index in [0.717, 1.165) is 0 Å². The molecule has 4 aromatic rings. The molecule has 1 aromatic heterocycles. The van der Waals surface area contributed by atoms with Crippen LogP contribution in [0.3, 0.4) is 0 Å².